The van der Waals surface area contributed by atoms with Crippen LogP contribution in [0.1, 0.15) is 12.2 Å². The molecule has 90 valence electrons. The van der Waals surface area contributed by atoms with E-state index < -0.39 is 11.8 Å². The molecular formula is C10H12N4O3. The van der Waals surface area contributed by atoms with Crippen LogP contribution in [0.3, 0.4) is 0 Å². The molecule has 7 heteroatoms. The number of nitrogens with one attached hydrogen (secondary N) is 1. The molecule has 2 amide bonds. The van der Waals surface area contributed by atoms with Gasteiger partial charge in [-0.1, -0.05) is 0 Å². The Balaban J connectivity index is 2.32. The van der Waals surface area contributed by atoms with Crippen molar-refractivity contribution in [2.24, 2.45) is 11.7 Å². The van der Waals surface area contributed by atoms with E-state index in [4.69, 9.17) is 5.73 Å². The fourth-order valence-electron chi connectivity index (χ4n) is 1.82. The van der Waals surface area contributed by atoms with E-state index in [-0.39, 0.29) is 30.2 Å². The molecule has 0 spiro atoms. The average molecular weight is 236 g/mol. The first-order valence-electron chi connectivity index (χ1n) is 5.15. The van der Waals surface area contributed by atoms with Crippen LogP contribution >= 0.6 is 0 Å². The number of hydrogen-bond donors (Lipinski definition) is 2. The lowest BCUT2D eigenvalue weighted by molar-refractivity contribution is -0.123. The second-order valence-electron chi connectivity index (χ2n) is 4.00. The highest BCUT2D eigenvalue weighted by Crippen LogP contribution is 2.22. The summed E-state index contributed by atoms with van der Waals surface area (Å²) in [4.78, 5) is 41.8. The molecule has 3 N–H and O–H groups in total. The van der Waals surface area contributed by atoms with Crippen LogP contribution in [0.15, 0.2) is 10.9 Å². The summed E-state index contributed by atoms with van der Waals surface area (Å²) >= 11 is 0. The molecular weight excluding hydrogens is 224 g/mol. The molecule has 1 aromatic rings. The Bertz CT molecular complexity index is 537. The van der Waals surface area contributed by atoms with E-state index >= 15 is 0 Å². The fourth-order valence-corrected chi connectivity index (χ4v) is 1.82. The van der Waals surface area contributed by atoms with Gasteiger partial charge in [-0.15, -0.1) is 0 Å². The van der Waals surface area contributed by atoms with Gasteiger partial charge in [0.2, 0.25) is 11.8 Å². The topological polar surface area (TPSA) is 109 Å². The van der Waals surface area contributed by atoms with Crippen molar-refractivity contribution in [2.75, 3.05) is 11.4 Å². The van der Waals surface area contributed by atoms with Crippen molar-refractivity contribution < 1.29 is 9.59 Å². The number of primary amides is 1. The Kier molecular flexibility index (Phi) is 2.66. The second kappa shape index (κ2) is 4.00. The molecule has 1 aliphatic rings. The highest BCUT2D eigenvalue weighted by atomic mass is 16.2. The van der Waals surface area contributed by atoms with Gasteiger partial charge < -0.3 is 10.7 Å². The minimum Gasteiger partial charge on any atom is -0.369 e. The molecule has 2 heterocycles. The van der Waals surface area contributed by atoms with E-state index in [9.17, 15) is 14.4 Å². The maximum absolute atomic E-state index is 11.7. The Morgan fingerprint density at radius 1 is 1.59 bits per heavy atom. The van der Waals surface area contributed by atoms with Crippen LogP contribution in [0.5, 0.6) is 0 Å². The third kappa shape index (κ3) is 2.17. The highest BCUT2D eigenvalue weighted by molar-refractivity contribution is 5.99. The number of anilines is 1. The Hall–Kier alpha value is -2.18. The predicted molar refractivity (Wildman–Crippen MR) is 59.2 cm³/mol. The third-order valence-corrected chi connectivity index (χ3v) is 2.65. The number of nitrogens with two attached hydrogens (primary N) is 1. The second-order valence-corrected chi connectivity index (χ2v) is 4.00. The molecule has 0 aliphatic carbocycles. The summed E-state index contributed by atoms with van der Waals surface area (Å²) in [6, 6.07) is 1.23. The molecule has 1 fully saturated rings. The molecule has 1 unspecified atom stereocenters. The van der Waals surface area contributed by atoms with Gasteiger partial charge in [-0.05, 0) is 6.92 Å². The molecule has 1 aliphatic heterocycles. The van der Waals surface area contributed by atoms with Gasteiger partial charge in [0, 0.05) is 19.0 Å². The molecule has 17 heavy (non-hydrogen) atoms. The van der Waals surface area contributed by atoms with E-state index in [2.05, 4.69) is 9.97 Å². The maximum atomic E-state index is 11.7. The van der Waals surface area contributed by atoms with E-state index in [1.54, 1.807) is 6.92 Å². The van der Waals surface area contributed by atoms with Crippen LogP contribution in [0.4, 0.5) is 5.82 Å². The van der Waals surface area contributed by atoms with Crippen LogP contribution in [0.25, 0.3) is 0 Å². The first-order valence-corrected chi connectivity index (χ1v) is 5.15. The zero-order chi connectivity index (χ0) is 12.6. The SMILES string of the molecule is Cc1nc(N2CC(C(N)=O)CC2=O)cc(=O)[nH]1. The summed E-state index contributed by atoms with van der Waals surface area (Å²) in [6.07, 6.45) is 0.0723. The number of rotatable bonds is 2. The molecule has 0 bridgehead atoms. The summed E-state index contributed by atoms with van der Waals surface area (Å²) in [5.74, 6) is -0.583. The van der Waals surface area contributed by atoms with Crippen LogP contribution in [-0.4, -0.2) is 28.3 Å². The van der Waals surface area contributed by atoms with Gasteiger partial charge in [0.1, 0.15) is 11.6 Å². The minimum atomic E-state index is -0.512. The fraction of sp³-hybridized carbons (Fsp3) is 0.400. The maximum Gasteiger partial charge on any atom is 0.252 e. The van der Waals surface area contributed by atoms with Gasteiger partial charge in [0.15, 0.2) is 0 Å². The average Bonchev–Trinajstić information content (AvgIpc) is 2.59. The first-order chi connectivity index (χ1) is 7.97. The highest BCUT2D eigenvalue weighted by Gasteiger charge is 2.34. The molecule has 0 radical (unpaired) electrons. The van der Waals surface area contributed by atoms with Crippen LogP contribution in [-0.2, 0) is 9.59 Å². The summed E-state index contributed by atoms with van der Waals surface area (Å²) in [6.45, 7) is 1.81. The van der Waals surface area contributed by atoms with Crippen LogP contribution < -0.4 is 16.2 Å². The zero-order valence-electron chi connectivity index (χ0n) is 9.27. The number of carbonyl (C=O) groups excluding carboxylic acids is 2. The van der Waals surface area contributed by atoms with E-state index in [0.717, 1.165) is 0 Å². The molecule has 0 saturated carbocycles. The van der Waals surface area contributed by atoms with Crippen molar-refractivity contribution in [1.82, 2.24) is 9.97 Å². The van der Waals surface area contributed by atoms with Crippen molar-refractivity contribution in [3.8, 4) is 0 Å². The molecule has 1 saturated heterocycles. The molecule has 1 aromatic heterocycles. The van der Waals surface area contributed by atoms with Crippen molar-refractivity contribution >= 4 is 17.6 Å². The third-order valence-electron chi connectivity index (χ3n) is 2.65. The number of carbonyl (C=O) groups is 2. The number of aryl methyl sites for hydroxylation is 1. The predicted octanol–water partition coefficient (Wildman–Crippen LogP) is -1.08. The smallest absolute Gasteiger partial charge is 0.252 e. The van der Waals surface area contributed by atoms with Gasteiger partial charge in [0.05, 0.1) is 5.92 Å². The number of amides is 2. The normalized spacial score (nSPS) is 19.7. The van der Waals surface area contributed by atoms with Crippen LogP contribution in [0.2, 0.25) is 0 Å². The first kappa shape index (κ1) is 11.3. The van der Waals surface area contributed by atoms with Crippen molar-refractivity contribution in [3.05, 3.63) is 22.2 Å². The van der Waals surface area contributed by atoms with Gasteiger partial charge in [-0.25, -0.2) is 4.98 Å². The molecule has 0 aromatic carbocycles. The number of aromatic amines is 1. The number of nitrogens with zero attached hydrogens (tertiary/aromatic N) is 2. The monoisotopic (exact) mass is 236 g/mol. The number of hydrogen-bond acceptors (Lipinski definition) is 4. The lowest BCUT2D eigenvalue weighted by Crippen LogP contribution is -2.30. The van der Waals surface area contributed by atoms with E-state index in [1.165, 1.54) is 11.0 Å². The van der Waals surface area contributed by atoms with Crippen molar-refractivity contribution in [3.63, 3.8) is 0 Å². The van der Waals surface area contributed by atoms with E-state index in [1.807, 2.05) is 0 Å². The summed E-state index contributed by atoms with van der Waals surface area (Å²) < 4.78 is 0. The zero-order valence-corrected chi connectivity index (χ0v) is 9.27. The van der Waals surface area contributed by atoms with E-state index in [0.29, 0.717) is 5.82 Å². The number of aromatic nitrogens is 2. The molecule has 1 atom stereocenters. The minimum absolute atomic E-state index is 0.0723. The Morgan fingerprint density at radius 3 is 2.82 bits per heavy atom. The Morgan fingerprint density at radius 2 is 2.29 bits per heavy atom. The quantitative estimate of drug-likeness (QED) is 0.680. The van der Waals surface area contributed by atoms with Crippen molar-refractivity contribution in [1.29, 1.82) is 0 Å². The Labute approximate surface area is 96.6 Å². The van der Waals surface area contributed by atoms with Crippen molar-refractivity contribution in [2.45, 2.75) is 13.3 Å². The van der Waals surface area contributed by atoms with Crippen LogP contribution in [0, 0.1) is 12.8 Å². The summed E-state index contributed by atoms with van der Waals surface area (Å²) in [5, 5.41) is 0. The van der Waals surface area contributed by atoms with Gasteiger partial charge in [-0.3, -0.25) is 19.3 Å². The van der Waals surface area contributed by atoms with Gasteiger partial charge in [-0.2, -0.15) is 0 Å². The lowest BCUT2D eigenvalue weighted by Gasteiger charge is -2.14. The molecule has 7 nitrogen and oxygen atoms in total. The van der Waals surface area contributed by atoms with Gasteiger partial charge >= 0.3 is 0 Å². The summed E-state index contributed by atoms with van der Waals surface area (Å²) in [7, 11) is 0. The largest absolute Gasteiger partial charge is 0.369 e. The molecule has 2 rings (SSSR count). The summed E-state index contributed by atoms with van der Waals surface area (Å²) in [5.41, 5.74) is 4.82. The van der Waals surface area contributed by atoms with Gasteiger partial charge in [0.25, 0.3) is 5.56 Å². The number of H-pyrrole nitrogens is 1. The standard InChI is InChI=1S/C10H12N4O3/c1-5-12-7(3-8(15)13-5)14-4-6(10(11)17)2-9(14)16/h3,6H,2,4H2,1H3,(H2,11,17)(H,12,13,15). The lowest BCUT2D eigenvalue weighted by atomic mass is 10.1.